The van der Waals surface area contributed by atoms with Crippen LogP contribution in [-0.4, -0.2) is 29.1 Å². The monoisotopic (exact) mass is 303 g/mol. The molecule has 1 fully saturated rings. The number of rotatable bonds is 4. The van der Waals surface area contributed by atoms with E-state index in [4.69, 9.17) is 5.11 Å². The van der Waals surface area contributed by atoms with Crippen LogP contribution in [0.5, 0.6) is 0 Å². The summed E-state index contributed by atoms with van der Waals surface area (Å²) in [6.45, 7) is 0.910. The van der Waals surface area contributed by atoms with Gasteiger partial charge in [-0.15, -0.1) is 11.3 Å². The maximum atomic E-state index is 10.7. The molecule has 0 amide bonds. The lowest BCUT2D eigenvalue weighted by Gasteiger charge is -2.38. The van der Waals surface area contributed by atoms with Gasteiger partial charge in [-0.3, -0.25) is 9.69 Å². The average Bonchev–Trinajstić information content (AvgIpc) is 2.47. The van der Waals surface area contributed by atoms with Gasteiger partial charge in [0.25, 0.3) is 0 Å². The van der Waals surface area contributed by atoms with Gasteiger partial charge in [-0.05, 0) is 48.0 Å². The summed E-state index contributed by atoms with van der Waals surface area (Å²) in [4.78, 5) is 14.2. The molecule has 0 unspecified atom stereocenters. The fourth-order valence-corrected chi connectivity index (χ4v) is 3.51. The van der Waals surface area contributed by atoms with E-state index in [2.05, 4.69) is 40.0 Å². The molecule has 0 atom stereocenters. The van der Waals surface area contributed by atoms with Crippen molar-refractivity contribution in [3.8, 4) is 0 Å². The quantitative estimate of drug-likeness (QED) is 0.930. The molecule has 0 radical (unpaired) electrons. The van der Waals surface area contributed by atoms with Gasteiger partial charge in [0.05, 0.1) is 9.70 Å². The van der Waals surface area contributed by atoms with E-state index in [1.165, 1.54) is 4.88 Å². The smallest absolute Gasteiger partial charge is 0.306 e. The van der Waals surface area contributed by atoms with Crippen LogP contribution in [0, 0.1) is 5.92 Å². The summed E-state index contributed by atoms with van der Waals surface area (Å²) in [5.74, 6) is -0.772. The van der Waals surface area contributed by atoms with Gasteiger partial charge in [0.2, 0.25) is 0 Å². The van der Waals surface area contributed by atoms with Gasteiger partial charge in [-0.25, -0.2) is 0 Å². The van der Waals surface area contributed by atoms with E-state index in [1.54, 1.807) is 11.3 Å². The molecular weight excluding hydrogens is 290 g/mol. The van der Waals surface area contributed by atoms with Gasteiger partial charge in [0.15, 0.2) is 0 Å². The third kappa shape index (κ3) is 2.64. The van der Waals surface area contributed by atoms with E-state index in [0.717, 1.165) is 23.2 Å². The van der Waals surface area contributed by atoms with Crippen molar-refractivity contribution in [3.05, 3.63) is 20.8 Å². The van der Waals surface area contributed by atoms with Crippen molar-refractivity contribution in [3.63, 3.8) is 0 Å². The number of hydrogen-bond acceptors (Lipinski definition) is 3. The molecule has 0 bridgehead atoms. The topological polar surface area (TPSA) is 40.5 Å². The van der Waals surface area contributed by atoms with Crippen molar-refractivity contribution in [2.45, 2.75) is 25.4 Å². The number of carbonyl (C=O) groups is 1. The Labute approximate surface area is 107 Å². The zero-order chi connectivity index (χ0) is 11.7. The van der Waals surface area contributed by atoms with Gasteiger partial charge < -0.3 is 5.11 Å². The molecule has 1 saturated carbocycles. The highest BCUT2D eigenvalue weighted by molar-refractivity contribution is 9.11. The van der Waals surface area contributed by atoms with Crippen LogP contribution in [0.1, 0.15) is 17.7 Å². The van der Waals surface area contributed by atoms with E-state index >= 15 is 0 Å². The maximum absolute atomic E-state index is 10.7. The molecule has 1 aliphatic carbocycles. The first-order valence-corrected chi connectivity index (χ1v) is 6.84. The van der Waals surface area contributed by atoms with E-state index in [1.807, 2.05) is 0 Å². The Morgan fingerprint density at radius 3 is 2.81 bits per heavy atom. The predicted molar refractivity (Wildman–Crippen MR) is 67.6 cm³/mol. The number of carboxylic acids is 1. The van der Waals surface area contributed by atoms with Crippen LogP contribution >= 0.6 is 27.3 Å². The predicted octanol–water partition coefficient (Wildman–Crippen LogP) is 2.81. The average molecular weight is 304 g/mol. The van der Waals surface area contributed by atoms with Gasteiger partial charge in [0.1, 0.15) is 0 Å². The fraction of sp³-hybridized carbons (Fsp3) is 0.545. The van der Waals surface area contributed by atoms with Crippen LogP contribution in [0.3, 0.4) is 0 Å². The third-order valence-corrected chi connectivity index (χ3v) is 4.73. The van der Waals surface area contributed by atoms with E-state index < -0.39 is 5.97 Å². The first-order valence-electron chi connectivity index (χ1n) is 5.23. The molecule has 3 nitrogen and oxygen atoms in total. The summed E-state index contributed by atoms with van der Waals surface area (Å²) in [6, 6.07) is 4.59. The Kier molecular flexibility index (Phi) is 3.66. The Morgan fingerprint density at radius 1 is 1.62 bits per heavy atom. The molecule has 2 rings (SSSR count). The fourth-order valence-electron chi connectivity index (χ4n) is 1.96. The van der Waals surface area contributed by atoms with Crippen molar-refractivity contribution in [2.75, 3.05) is 7.05 Å². The van der Waals surface area contributed by atoms with Crippen molar-refractivity contribution >= 4 is 33.2 Å². The second-order valence-electron chi connectivity index (χ2n) is 4.28. The molecule has 0 saturated heterocycles. The number of nitrogens with zero attached hydrogens (tertiary/aromatic N) is 1. The maximum Gasteiger partial charge on any atom is 0.306 e. The molecule has 1 aliphatic rings. The summed E-state index contributed by atoms with van der Waals surface area (Å²) in [6.07, 6.45) is 1.58. The molecule has 88 valence electrons. The normalized spacial score (nSPS) is 24.4. The Bertz CT molecular complexity index is 387. The summed E-state index contributed by atoms with van der Waals surface area (Å²) < 4.78 is 1.15. The Hall–Kier alpha value is -0.390. The molecule has 1 N–H and O–H groups in total. The van der Waals surface area contributed by atoms with Gasteiger partial charge >= 0.3 is 5.97 Å². The molecule has 1 heterocycles. The zero-order valence-electron chi connectivity index (χ0n) is 9.02. The number of hydrogen-bond donors (Lipinski definition) is 1. The SMILES string of the molecule is CN(Cc1ccc(Br)s1)C1CC(C(=O)O)C1. The van der Waals surface area contributed by atoms with Crippen LogP contribution in [0.25, 0.3) is 0 Å². The van der Waals surface area contributed by atoms with Crippen LogP contribution in [0.4, 0.5) is 0 Å². The summed E-state index contributed by atoms with van der Waals surface area (Å²) in [5, 5.41) is 8.80. The lowest BCUT2D eigenvalue weighted by Crippen LogP contribution is -2.44. The number of carboxylic acid groups (broad SMARTS) is 1. The number of aliphatic carboxylic acids is 1. The van der Waals surface area contributed by atoms with Gasteiger partial charge in [0, 0.05) is 17.5 Å². The molecule has 0 aliphatic heterocycles. The summed E-state index contributed by atoms with van der Waals surface area (Å²) in [5.41, 5.74) is 0. The molecule has 0 aromatic carbocycles. The largest absolute Gasteiger partial charge is 0.481 e. The first-order chi connectivity index (χ1) is 7.56. The highest BCUT2D eigenvalue weighted by atomic mass is 79.9. The second-order valence-corrected chi connectivity index (χ2v) is 6.83. The van der Waals surface area contributed by atoms with Gasteiger partial charge in [-0.1, -0.05) is 0 Å². The van der Waals surface area contributed by atoms with E-state index in [-0.39, 0.29) is 5.92 Å². The Balaban J connectivity index is 1.82. The standard InChI is InChI=1S/C11H14BrNO2S/c1-13(6-9-2-3-10(12)16-9)8-4-7(5-8)11(14)15/h2-3,7-8H,4-6H2,1H3,(H,14,15). The molecular formula is C11H14BrNO2S. The molecule has 1 aromatic rings. The minimum absolute atomic E-state index is 0.123. The number of thiophene rings is 1. The van der Waals surface area contributed by atoms with E-state index in [9.17, 15) is 4.79 Å². The van der Waals surface area contributed by atoms with Crippen molar-refractivity contribution in [2.24, 2.45) is 5.92 Å². The third-order valence-electron chi connectivity index (χ3n) is 3.12. The van der Waals surface area contributed by atoms with Crippen LogP contribution in [0.2, 0.25) is 0 Å². The summed E-state index contributed by atoms with van der Waals surface area (Å²) in [7, 11) is 2.07. The highest BCUT2D eigenvalue weighted by Crippen LogP contribution is 2.33. The van der Waals surface area contributed by atoms with E-state index in [0.29, 0.717) is 6.04 Å². The lowest BCUT2D eigenvalue weighted by atomic mass is 9.79. The second kappa shape index (κ2) is 4.85. The summed E-state index contributed by atoms with van der Waals surface area (Å²) >= 11 is 5.17. The molecule has 1 aromatic heterocycles. The van der Waals surface area contributed by atoms with Gasteiger partial charge in [-0.2, -0.15) is 0 Å². The van der Waals surface area contributed by atoms with Crippen LogP contribution < -0.4 is 0 Å². The molecule has 5 heteroatoms. The lowest BCUT2D eigenvalue weighted by molar-refractivity contribution is -0.146. The number of halogens is 1. The van der Waals surface area contributed by atoms with Crippen LogP contribution in [0.15, 0.2) is 15.9 Å². The zero-order valence-corrected chi connectivity index (χ0v) is 11.4. The van der Waals surface area contributed by atoms with Crippen LogP contribution in [-0.2, 0) is 11.3 Å². The van der Waals surface area contributed by atoms with Crippen molar-refractivity contribution < 1.29 is 9.90 Å². The van der Waals surface area contributed by atoms with Crippen molar-refractivity contribution in [1.29, 1.82) is 0 Å². The highest BCUT2D eigenvalue weighted by Gasteiger charge is 2.36. The molecule has 16 heavy (non-hydrogen) atoms. The minimum Gasteiger partial charge on any atom is -0.481 e. The Morgan fingerprint density at radius 2 is 2.31 bits per heavy atom. The molecule has 0 spiro atoms. The van der Waals surface area contributed by atoms with Crippen molar-refractivity contribution in [1.82, 2.24) is 4.90 Å². The minimum atomic E-state index is -0.650. The first kappa shape index (κ1) is 12.1.